The number of benzene rings is 4. The van der Waals surface area contributed by atoms with Crippen LogP contribution in [0.1, 0.15) is 159 Å². The van der Waals surface area contributed by atoms with Crippen LogP contribution in [0.2, 0.25) is 0 Å². The lowest BCUT2D eigenvalue weighted by molar-refractivity contribution is 0.140. The fourth-order valence-electron chi connectivity index (χ4n) is 9.78. The zero-order chi connectivity index (χ0) is 38.1. The zero-order valence-electron chi connectivity index (χ0n) is 34.0. The Labute approximate surface area is 333 Å². The van der Waals surface area contributed by atoms with Gasteiger partial charge in [-0.25, -0.2) is 0 Å². The molecule has 2 aliphatic carbocycles. The minimum absolute atomic E-state index is 0.0264. The van der Waals surface area contributed by atoms with Gasteiger partial charge < -0.3 is 20.9 Å². The van der Waals surface area contributed by atoms with Crippen LogP contribution in [0.4, 0.5) is 11.4 Å². The maximum absolute atomic E-state index is 6.19. The van der Waals surface area contributed by atoms with Crippen LogP contribution in [0.3, 0.4) is 0 Å². The predicted molar refractivity (Wildman–Crippen MR) is 233 cm³/mol. The van der Waals surface area contributed by atoms with Crippen molar-refractivity contribution in [2.45, 2.75) is 154 Å². The lowest BCUT2D eigenvalue weighted by Crippen LogP contribution is -2.35. The molecule has 4 aromatic rings. The van der Waals surface area contributed by atoms with Crippen molar-refractivity contribution < 1.29 is 9.47 Å². The van der Waals surface area contributed by atoms with E-state index < -0.39 is 0 Å². The molecular formula is C51H70N2O2. The summed E-state index contributed by atoms with van der Waals surface area (Å²) in [5.41, 5.74) is 16.0. The molecule has 4 N–H and O–H groups in total. The van der Waals surface area contributed by atoms with Crippen LogP contribution in [0, 0.1) is 17.8 Å². The molecule has 6 rings (SSSR count). The van der Waals surface area contributed by atoms with E-state index in [2.05, 4.69) is 55.5 Å². The lowest BCUT2D eigenvalue weighted by Gasteiger charge is -2.44. The maximum Gasteiger partial charge on any atom is 0.127 e. The Morgan fingerprint density at radius 1 is 0.436 bits per heavy atom. The molecule has 2 saturated carbocycles. The van der Waals surface area contributed by atoms with Gasteiger partial charge >= 0.3 is 0 Å². The molecule has 0 saturated heterocycles. The Morgan fingerprint density at radius 3 is 1.18 bits per heavy atom. The molecule has 4 heteroatoms. The smallest absolute Gasteiger partial charge is 0.127 e. The third kappa shape index (κ3) is 12.3. The molecule has 0 spiro atoms. The Balaban J connectivity index is 0.984. The summed E-state index contributed by atoms with van der Waals surface area (Å²) < 4.78 is 12.4. The van der Waals surface area contributed by atoms with Crippen LogP contribution in [0.5, 0.6) is 23.0 Å². The highest BCUT2D eigenvalue weighted by Gasteiger charge is 2.41. The van der Waals surface area contributed by atoms with Crippen LogP contribution >= 0.6 is 0 Å². The summed E-state index contributed by atoms with van der Waals surface area (Å²) in [6, 6.07) is 33.0. The number of hydrogen-bond acceptors (Lipinski definition) is 4. The largest absolute Gasteiger partial charge is 0.457 e. The second-order valence-corrected chi connectivity index (χ2v) is 17.1. The van der Waals surface area contributed by atoms with Crippen molar-refractivity contribution in [3.63, 3.8) is 0 Å². The minimum Gasteiger partial charge on any atom is -0.457 e. The van der Waals surface area contributed by atoms with Crippen molar-refractivity contribution in [3.05, 3.63) is 108 Å². The molecule has 55 heavy (non-hydrogen) atoms. The number of hydrogen-bond donors (Lipinski definition) is 2. The number of nitrogen functional groups attached to an aromatic ring is 2. The van der Waals surface area contributed by atoms with Crippen LogP contribution in [0.25, 0.3) is 0 Å². The van der Waals surface area contributed by atoms with E-state index in [1.54, 1.807) is 0 Å². The molecular weight excluding hydrogens is 673 g/mol. The molecule has 2 fully saturated rings. The standard InChI is InChI=1S/C51H70N2O2/c1-2-3-4-5-6-7-8-9-10-11-12-13-14-15-40-16-18-41(19-17-40)42-36-38-51(39-37-42,43-20-28-47(29-21-43)54-49-32-24-45(52)25-33-49)44-22-30-48(31-23-44)55-50-34-26-46(53)27-35-50/h20-35,40-42H,2-19,36-39,52-53H2,1H3. The topological polar surface area (TPSA) is 70.5 Å². The van der Waals surface area contributed by atoms with Crippen LogP contribution in [-0.2, 0) is 5.41 Å². The van der Waals surface area contributed by atoms with Gasteiger partial charge in [-0.3, -0.25) is 0 Å². The van der Waals surface area contributed by atoms with Gasteiger partial charge in [0, 0.05) is 16.8 Å². The molecule has 0 unspecified atom stereocenters. The first-order valence-electron chi connectivity index (χ1n) is 22.3. The molecule has 0 aliphatic heterocycles. The lowest BCUT2D eigenvalue weighted by atomic mass is 9.60. The van der Waals surface area contributed by atoms with Crippen molar-refractivity contribution >= 4 is 11.4 Å². The monoisotopic (exact) mass is 743 g/mol. The zero-order valence-corrected chi connectivity index (χ0v) is 34.0. The fourth-order valence-corrected chi connectivity index (χ4v) is 9.78. The van der Waals surface area contributed by atoms with Crippen LogP contribution < -0.4 is 20.9 Å². The van der Waals surface area contributed by atoms with Crippen molar-refractivity contribution in [1.29, 1.82) is 0 Å². The summed E-state index contributed by atoms with van der Waals surface area (Å²) in [6.45, 7) is 2.30. The van der Waals surface area contributed by atoms with Gasteiger partial charge in [0.15, 0.2) is 0 Å². The second kappa shape index (κ2) is 21.4. The molecule has 0 radical (unpaired) electrons. The first-order chi connectivity index (χ1) is 27.0. The Bertz CT molecular complexity index is 1540. The van der Waals surface area contributed by atoms with Gasteiger partial charge in [-0.1, -0.05) is 134 Å². The summed E-state index contributed by atoms with van der Waals surface area (Å²) >= 11 is 0. The highest BCUT2D eigenvalue weighted by atomic mass is 16.5. The SMILES string of the molecule is CCCCCCCCCCCCCCCC1CCC(C2CCC(c3ccc(Oc4ccc(N)cc4)cc3)(c3ccc(Oc4ccc(N)cc4)cc3)CC2)CC1. The predicted octanol–water partition coefficient (Wildman–Crippen LogP) is 15.2. The van der Waals surface area contributed by atoms with E-state index in [1.807, 2.05) is 48.5 Å². The first-order valence-corrected chi connectivity index (χ1v) is 22.3. The van der Waals surface area contributed by atoms with Gasteiger partial charge in [-0.15, -0.1) is 0 Å². The molecule has 2 aliphatic rings. The van der Waals surface area contributed by atoms with E-state index in [-0.39, 0.29) is 5.41 Å². The van der Waals surface area contributed by atoms with Gasteiger partial charge in [-0.2, -0.15) is 0 Å². The minimum atomic E-state index is -0.0264. The molecule has 4 aromatic carbocycles. The van der Waals surface area contributed by atoms with E-state index in [1.165, 1.54) is 152 Å². The van der Waals surface area contributed by atoms with Gasteiger partial charge in [0.2, 0.25) is 0 Å². The third-order valence-electron chi connectivity index (χ3n) is 13.2. The number of anilines is 2. The average Bonchev–Trinajstić information content (AvgIpc) is 3.22. The second-order valence-electron chi connectivity index (χ2n) is 17.1. The van der Waals surface area contributed by atoms with E-state index >= 15 is 0 Å². The molecule has 0 atom stereocenters. The quantitative estimate of drug-likeness (QED) is 0.0659. The maximum atomic E-state index is 6.19. The number of rotatable bonds is 21. The van der Waals surface area contributed by atoms with Crippen molar-refractivity contribution in [2.24, 2.45) is 17.8 Å². The van der Waals surface area contributed by atoms with Gasteiger partial charge in [0.25, 0.3) is 0 Å². The normalized spacial score (nSPS) is 18.6. The number of unbranched alkanes of at least 4 members (excludes halogenated alkanes) is 12. The third-order valence-corrected chi connectivity index (χ3v) is 13.2. The summed E-state index contributed by atoms with van der Waals surface area (Å²) in [6.07, 6.45) is 31.0. The van der Waals surface area contributed by atoms with E-state index in [4.69, 9.17) is 20.9 Å². The fraction of sp³-hybridized carbons (Fsp3) is 0.529. The van der Waals surface area contributed by atoms with Gasteiger partial charge in [0.1, 0.15) is 23.0 Å². The molecule has 296 valence electrons. The Hall–Kier alpha value is -3.92. The molecule has 0 heterocycles. The number of nitrogens with two attached hydrogens (primary N) is 2. The molecule has 0 bridgehead atoms. The first kappa shape index (κ1) is 40.7. The van der Waals surface area contributed by atoms with E-state index in [0.717, 1.165) is 52.1 Å². The van der Waals surface area contributed by atoms with Crippen molar-refractivity contribution in [3.8, 4) is 23.0 Å². The van der Waals surface area contributed by atoms with E-state index in [9.17, 15) is 0 Å². The molecule has 0 amide bonds. The summed E-state index contributed by atoms with van der Waals surface area (Å²) in [5, 5.41) is 0. The highest BCUT2D eigenvalue weighted by molar-refractivity contribution is 5.47. The molecule has 0 aromatic heterocycles. The van der Waals surface area contributed by atoms with Crippen LogP contribution in [0.15, 0.2) is 97.1 Å². The Kier molecular flexibility index (Phi) is 15.8. The van der Waals surface area contributed by atoms with Crippen molar-refractivity contribution in [2.75, 3.05) is 11.5 Å². The molecule has 4 nitrogen and oxygen atoms in total. The highest BCUT2D eigenvalue weighted by Crippen LogP contribution is 2.51. The van der Waals surface area contributed by atoms with Crippen LogP contribution in [-0.4, -0.2) is 0 Å². The summed E-state index contributed by atoms with van der Waals surface area (Å²) in [4.78, 5) is 0. The van der Waals surface area contributed by atoms with E-state index in [0.29, 0.717) is 0 Å². The van der Waals surface area contributed by atoms with Gasteiger partial charge in [0.05, 0.1) is 0 Å². The summed E-state index contributed by atoms with van der Waals surface area (Å²) in [5.74, 6) is 6.00. The van der Waals surface area contributed by atoms with Gasteiger partial charge in [-0.05, 0) is 140 Å². The average molecular weight is 743 g/mol. The summed E-state index contributed by atoms with van der Waals surface area (Å²) in [7, 11) is 0. The number of ether oxygens (including phenoxy) is 2. The van der Waals surface area contributed by atoms with Crippen molar-refractivity contribution in [1.82, 2.24) is 0 Å². The Morgan fingerprint density at radius 2 is 0.782 bits per heavy atom.